The van der Waals surface area contributed by atoms with Gasteiger partial charge in [-0.15, -0.1) is 0 Å². The maximum Gasteiger partial charge on any atom is 0.268 e. The van der Waals surface area contributed by atoms with Crippen LogP contribution in [-0.4, -0.2) is 22.0 Å². The molecule has 6 heteroatoms. The fourth-order valence-electron chi connectivity index (χ4n) is 3.28. The van der Waals surface area contributed by atoms with Crippen LogP contribution in [0.1, 0.15) is 27.5 Å². The summed E-state index contributed by atoms with van der Waals surface area (Å²) in [5.74, 6) is 0.675. The number of aromatic nitrogens is 2. The summed E-state index contributed by atoms with van der Waals surface area (Å²) < 4.78 is 7.70. The molecule has 0 spiro atoms. The van der Waals surface area contributed by atoms with E-state index in [1.807, 2.05) is 60.0 Å². The highest BCUT2D eigenvalue weighted by Crippen LogP contribution is 2.25. The molecule has 1 amide bonds. The number of hydrogen-bond donors (Lipinski definition) is 1. The zero-order chi connectivity index (χ0) is 19.5. The summed E-state index contributed by atoms with van der Waals surface area (Å²) in [6, 6.07) is 17.2. The first-order valence-electron chi connectivity index (χ1n) is 9.12. The Balaban J connectivity index is 1.57. The lowest BCUT2D eigenvalue weighted by Gasteiger charge is -2.11. The van der Waals surface area contributed by atoms with Gasteiger partial charge in [0.25, 0.3) is 5.91 Å². The summed E-state index contributed by atoms with van der Waals surface area (Å²) in [4.78, 5) is 17.1. The predicted octanol–water partition coefficient (Wildman–Crippen LogP) is 4.61. The Bertz CT molecular complexity index is 1120. The van der Waals surface area contributed by atoms with Gasteiger partial charge in [0.2, 0.25) is 0 Å². The van der Waals surface area contributed by atoms with Crippen LogP contribution in [0.15, 0.2) is 65.2 Å². The van der Waals surface area contributed by atoms with Crippen LogP contribution < -0.4 is 5.32 Å². The van der Waals surface area contributed by atoms with Crippen LogP contribution in [0.2, 0.25) is 5.02 Å². The van der Waals surface area contributed by atoms with Gasteiger partial charge in [-0.05, 0) is 36.8 Å². The van der Waals surface area contributed by atoms with Gasteiger partial charge in [0.05, 0.1) is 5.52 Å². The number of benzene rings is 1. The lowest BCUT2D eigenvalue weighted by molar-refractivity contribution is 0.0945. The predicted molar refractivity (Wildman–Crippen MR) is 110 cm³/mol. The van der Waals surface area contributed by atoms with Crippen molar-refractivity contribution in [1.29, 1.82) is 0 Å². The van der Waals surface area contributed by atoms with E-state index in [0.717, 1.165) is 22.5 Å². The summed E-state index contributed by atoms with van der Waals surface area (Å²) in [6.45, 7) is 2.95. The van der Waals surface area contributed by atoms with E-state index in [4.69, 9.17) is 16.0 Å². The SMILES string of the molecule is Cc1cc2c(cc(C(=O)NCCc3ccccn3)n2Cc2cccc(Cl)c2)o1. The molecule has 0 unspecified atom stereocenters. The van der Waals surface area contributed by atoms with E-state index in [-0.39, 0.29) is 5.91 Å². The minimum atomic E-state index is -0.137. The Morgan fingerprint density at radius 2 is 2.07 bits per heavy atom. The van der Waals surface area contributed by atoms with Crippen LogP contribution >= 0.6 is 11.6 Å². The number of furan rings is 1. The van der Waals surface area contributed by atoms with Crippen molar-refractivity contribution in [2.75, 3.05) is 6.54 Å². The summed E-state index contributed by atoms with van der Waals surface area (Å²) in [6.07, 6.45) is 2.43. The van der Waals surface area contributed by atoms with Crippen molar-refractivity contribution in [3.05, 3.63) is 88.5 Å². The number of nitrogens with one attached hydrogen (secondary N) is 1. The van der Waals surface area contributed by atoms with E-state index in [2.05, 4.69) is 10.3 Å². The van der Waals surface area contributed by atoms with Crippen molar-refractivity contribution in [3.8, 4) is 0 Å². The number of carbonyl (C=O) groups is 1. The Morgan fingerprint density at radius 3 is 2.86 bits per heavy atom. The number of nitrogens with zero attached hydrogens (tertiary/aromatic N) is 2. The van der Waals surface area contributed by atoms with Crippen LogP contribution in [0.3, 0.4) is 0 Å². The average Bonchev–Trinajstić information content (AvgIpc) is 3.20. The van der Waals surface area contributed by atoms with Gasteiger partial charge in [0.1, 0.15) is 11.5 Å². The van der Waals surface area contributed by atoms with Crippen molar-refractivity contribution >= 4 is 28.6 Å². The van der Waals surface area contributed by atoms with Gasteiger partial charge in [-0.2, -0.15) is 0 Å². The maximum absolute atomic E-state index is 12.8. The molecule has 0 aliphatic heterocycles. The van der Waals surface area contributed by atoms with Gasteiger partial charge in [-0.1, -0.05) is 29.8 Å². The van der Waals surface area contributed by atoms with Gasteiger partial charge in [0.15, 0.2) is 5.58 Å². The molecule has 0 bridgehead atoms. The zero-order valence-corrected chi connectivity index (χ0v) is 16.2. The molecule has 0 aliphatic rings. The molecule has 4 aromatic rings. The maximum atomic E-state index is 12.8. The largest absolute Gasteiger partial charge is 0.460 e. The first-order valence-corrected chi connectivity index (χ1v) is 9.50. The zero-order valence-electron chi connectivity index (χ0n) is 15.5. The lowest BCUT2D eigenvalue weighted by atomic mass is 10.2. The van der Waals surface area contributed by atoms with Gasteiger partial charge < -0.3 is 14.3 Å². The van der Waals surface area contributed by atoms with Crippen LogP contribution in [-0.2, 0) is 13.0 Å². The first-order chi connectivity index (χ1) is 13.6. The first kappa shape index (κ1) is 18.3. The molecule has 0 radical (unpaired) electrons. The normalized spacial score (nSPS) is 11.1. The number of pyridine rings is 1. The minimum absolute atomic E-state index is 0.137. The molecule has 4 rings (SSSR count). The molecule has 3 heterocycles. The monoisotopic (exact) mass is 393 g/mol. The molecule has 28 heavy (non-hydrogen) atoms. The van der Waals surface area contributed by atoms with Crippen molar-refractivity contribution in [1.82, 2.24) is 14.9 Å². The number of aryl methyl sites for hydroxylation is 1. The summed E-state index contributed by atoms with van der Waals surface area (Å²) in [7, 11) is 0. The molecule has 1 aromatic carbocycles. The van der Waals surface area contributed by atoms with Crippen molar-refractivity contribution < 1.29 is 9.21 Å². The molecule has 0 aliphatic carbocycles. The van der Waals surface area contributed by atoms with Crippen LogP contribution in [0.5, 0.6) is 0 Å². The average molecular weight is 394 g/mol. The Hall–Kier alpha value is -3.05. The molecular formula is C22H20ClN3O2. The second kappa shape index (κ2) is 7.90. The summed E-state index contributed by atoms with van der Waals surface area (Å²) in [5.41, 5.74) is 4.13. The molecule has 0 fully saturated rings. The lowest BCUT2D eigenvalue weighted by Crippen LogP contribution is -2.28. The standard InChI is InChI=1S/C22H20ClN3O2/c1-15-11-19-21(28-15)13-20(26(19)14-16-5-4-6-17(23)12-16)22(27)25-10-8-18-7-2-3-9-24-18/h2-7,9,11-13H,8,10,14H2,1H3,(H,25,27). The summed E-state index contributed by atoms with van der Waals surface area (Å²) in [5, 5.41) is 3.65. The Labute approximate surface area is 167 Å². The van der Waals surface area contributed by atoms with Crippen molar-refractivity contribution in [2.45, 2.75) is 19.9 Å². The number of amides is 1. The molecule has 0 saturated carbocycles. The highest BCUT2D eigenvalue weighted by atomic mass is 35.5. The highest BCUT2D eigenvalue weighted by molar-refractivity contribution is 6.30. The number of rotatable bonds is 6. The third-order valence-electron chi connectivity index (χ3n) is 4.57. The molecule has 142 valence electrons. The van der Waals surface area contributed by atoms with Gasteiger partial charge in [-0.3, -0.25) is 9.78 Å². The van der Waals surface area contributed by atoms with E-state index >= 15 is 0 Å². The van der Waals surface area contributed by atoms with E-state index in [1.54, 1.807) is 12.3 Å². The number of carbonyl (C=O) groups excluding carboxylic acids is 1. The number of fused-ring (bicyclic) bond motifs is 1. The van der Waals surface area contributed by atoms with Crippen molar-refractivity contribution in [3.63, 3.8) is 0 Å². The minimum Gasteiger partial charge on any atom is -0.460 e. The second-order valence-electron chi connectivity index (χ2n) is 6.68. The molecule has 0 saturated heterocycles. The number of hydrogen-bond acceptors (Lipinski definition) is 3. The molecule has 0 atom stereocenters. The van der Waals surface area contributed by atoms with E-state index in [9.17, 15) is 4.79 Å². The van der Waals surface area contributed by atoms with Crippen molar-refractivity contribution in [2.24, 2.45) is 0 Å². The van der Waals surface area contributed by atoms with E-state index in [0.29, 0.717) is 35.8 Å². The fraction of sp³-hybridized carbons (Fsp3) is 0.182. The van der Waals surface area contributed by atoms with Gasteiger partial charge in [-0.25, -0.2) is 0 Å². The van der Waals surface area contributed by atoms with Crippen LogP contribution in [0.25, 0.3) is 11.1 Å². The molecule has 1 N–H and O–H groups in total. The Morgan fingerprint density at radius 1 is 1.18 bits per heavy atom. The molecule has 5 nitrogen and oxygen atoms in total. The Kier molecular flexibility index (Phi) is 5.17. The van der Waals surface area contributed by atoms with Gasteiger partial charge in [0, 0.05) is 48.6 Å². The topological polar surface area (TPSA) is 60.1 Å². The van der Waals surface area contributed by atoms with Crippen LogP contribution in [0.4, 0.5) is 0 Å². The fourth-order valence-corrected chi connectivity index (χ4v) is 3.49. The van der Waals surface area contributed by atoms with Gasteiger partial charge >= 0.3 is 0 Å². The third kappa shape index (κ3) is 3.94. The number of halogens is 1. The highest BCUT2D eigenvalue weighted by Gasteiger charge is 2.18. The van der Waals surface area contributed by atoms with E-state index < -0.39 is 0 Å². The molecule has 3 aromatic heterocycles. The molecular weight excluding hydrogens is 374 g/mol. The second-order valence-corrected chi connectivity index (χ2v) is 7.12. The van der Waals surface area contributed by atoms with E-state index in [1.165, 1.54) is 0 Å². The quantitative estimate of drug-likeness (QED) is 0.520. The van der Waals surface area contributed by atoms with Crippen LogP contribution in [0, 0.1) is 6.92 Å². The smallest absolute Gasteiger partial charge is 0.268 e. The third-order valence-corrected chi connectivity index (χ3v) is 4.80. The summed E-state index contributed by atoms with van der Waals surface area (Å²) >= 11 is 6.12.